The molecule has 96 valence electrons. The molecule has 5 nitrogen and oxygen atoms in total. The summed E-state index contributed by atoms with van der Waals surface area (Å²) >= 11 is 1.41. The van der Waals surface area contributed by atoms with Crippen LogP contribution in [0.2, 0.25) is 0 Å². The molecule has 0 N–H and O–H groups in total. The van der Waals surface area contributed by atoms with Crippen molar-refractivity contribution < 1.29 is 13.9 Å². The number of carbonyl (C=O) groups is 1. The van der Waals surface area contributed by atoms with Gasteiger partial charge in [-0.25, -0.2) is 9.78 Å². The molecule has 0 aromatic carbocycles. The second-order valence-corrected chi connectivity index (χ2v) is 4.70. The first-order valence-corrected chi connectivity index (χ1v) is 6.27. The van der Waals surface area contributed by atoms with E-state index in [2.05, 4.69) is 9.72 Å². The number of hydrogen-bond acceptors (Lipinski definition) is 6. The molecular weight excluding hydrogens is 252 g/mol. The molecule has 2 aromatic heterocycles. The van der Waals surface area contributed by atoms with Gasteiger partial charge in [-0.15, -0.1) is 11.3 Å². The van der Waals surface area contributed by atoms with E-state index in [4.69, 9.17) is 4.42 Å². The van der Waals surface area contributed by atoms with E-state index in [0.29, 0.717) is 12.2 Å². The van der Waals surface area contributed by atoms with E-state index < -0.39 is 5.97 Å². The van der Waals surface area contributed by atoms with Crippen molar-refractivity contribution in [2.45, 2.75) is 13.5 Å². The quantitative estimate of drug-likeness (QED) is 0.796. The van der Waals surface area contributed by atoms with Crippen LogP contribution in [0.25, 0.3) is 0 Å². The van der Waals surface area contributed by atoms with E-state index in [9.17, 15) is 4.79 Å². The van der Waals surface area contributed by atoms with Crippen LogP contribution >= 0.6 is 11.3 Å². The maximum Gasteiger partial charge on any atom is 0.357 e. The minimum atomic E-state index is -0.412. The highest BCUT2D eigenvalue weighted by Crippen LogP contribution is 2.22. The molecule has 0 saturated carbocycles. The Morgan fingerprint density at radius 3 is 3.00 bits per heavy atom. The maximum absolute atomic E-state index is 11.3. The molecule has 0 bridgehead atoms. The number of ether oxygens (including phenoxy) is 1. The third-order valence-corrected chi connectivity index (χ3v) is 3.54. The summed E-state index contributed by atoms with van der Waals surface area (Å²) in [6, 6.07) is 1.93. The minimum absolute atomic E-state index is 0.341. The maximum atomic E-state index is 11.3. The van der Waals surface area contributed by atoms with Crippen molar-refractivity contribution in [2.24, 2.45) is 0 Å². The van der Waals surface area contributed by atoms with Crippen LogP contribution in [0, 0.1) is 6.92 Å². The Kier molecular flexibility index (Phi) is 3.66. The number of hydrogen-bond donors (Lipinski definition) is 0. The number of aromatic nitrogens is 1. The number of rotatable bonds is 4. The molecule has 0 aliphatic rings. The Morgan fingerprint density at radius 2 is 2.39 bits per heavy atom. The average molecular weight is 266 g/mol. The van der Waals surface area contributed by atoms with E-state index in [1.54, 1.807) is 11.6 Å². The number of methoxy groups -OCH3 is 1. The molecule has 0 radical (unpaired) electrons. The lowest BCUT2D eigenvalue weighted by atomic mass is 10.2. The molecule has 0 atom stereocenters. The lowest BCUT2D eigenvalue weighted by molar-refractivity contribution is 0.0595. The van der Waals surface area contributed by atoms with E-state index in [1.165, 1.54) is 18.4 Å². The van der Waals surface area contributed by atoms with Gasteiger partial charge in [0, 0.05) is 24.5 Å². The van der Waals surface area contributed by atoms with Crippen molar-refractivity contribution in [3.05, 3.63) is 34.7 Å². The van der Waals surface area contributed by atoms with Gasteiger partial charge in [-0.05, 0) is 13.0 Å². The summed E-state index contributed by atoms with van der Waals surface area (Å²) in [4.78, 5) is 17.5. The fourth-order valence-electron chi connectivity index (χ4n) is 1.54. The first-order chi connectivity index (χ1) is 8.61. The van der Waals surface area contributed by atoms with Gasteiger partial charge in [-0.2, -0.15) is 0 Å². The smallest absolute Gasteiger partial charge is 0.357 e. The van der Waals surface area contributed by atoms with E-state index in [0.717, 1.165) is 16.5 Å². The molecule has 2 aromatic rings. The number of esters is 1. The first kappa shape index (κ1) is 12.6. The van der Waals surface area contributed by atoms with Gasteiger partial charge in [0.25, 0.3) is 0 Å². The lowest BCUT2D eigenvalue weighted by Crippen LogP contribution is -2.16. The third-order valence-electron chi connectivity index (χ3n) is 2.59. The SMILES string of the molecule is COC(=O)c1csc(N(C)Cc2ccoc2C)n1. The second-order valence-electron chi connectivity index (χ2n) is 3.86. The zero-order chi connectivity index (χ0) is 13.1. The van der Waals surface area contributed by atoms with E-state index in [1.807, 2.05) is 24.9 Å². The van der Waals surface area contributed by atoms with Crippen LogP contribution in [0.1, 0.15) is 21.8 Å². The zero-order valence-electron chi connectivity index (χ0n) is 10.5. The monoisotopic (exact) mass is 266 g/mol. The van der Waals surface area contributed by atoms with Crippen molar-refractivity contribution in [3.8, 4) is 0 Å². The van der Waals surface area contributed by atoms with Gasteiger partial charge < -0.3 is 14.1 Å². The topological polar surface area (TPSA) is 55.6 Å². The van der Waals surface area contributed by atoms with Crippen LogP contribution in [-0.2, 0) is 11.3 Å². The number of carbonyl (C=O) groups excluding carboxylic acids is 1. The molecule has 0 spiro atoms. The highest BCUT2D eigenvalue weighted by Gasteiger charge is 2.14. The normalized spacial score (nSPS) is 10.4. The number of furan rings is 1. The molecule has 2 rings (SSSR count). The molecule has 0 fully saturated rings. The Morgan fingerprint density at radius 1 is 1.61 bits per heavy atom. The van der Waals surface area contributed by atoms with E-state index >= 15 is 0 Å². The highest BCUT2D eigenvalue weighted by atomic mass is 32.1. The number of aryl methyl sites for hydroxylation is 1. The van der Waals surface area contributed by atoms with Gasteiger partial charge in [-0.3, -0.25) is 0 Å². The van der Waals surface area contributed by atoms with Gasteiger partial charge in [0.2, 0.25) is 0 Å². The standard InChI is InChI=1S/C12H14N2O3S/c1-8-9(4-5-17-8)6-14(2)12-13-10(7-18-12)11(15)16-3/h4-5,7H,6H2,1-3H3. The predicted molar refractivity (Wildman–Crippen MR) is 69.0 cm³/mol. The van der Waals surface area contributed by atoms with Gasteiger partial charge in [0.05, 0.1) is 13.4 Å². The molecule has 0 aliphatic carbocycles. The van der Waals surface area contributed by atoms with Crippen molar-refractivity contribution >= 4 is 22.4 Å². The fourth-order valence-corrected chi connectivity index (χ4v) is 2.30. The summed E-state index contributed by atoms with van der Waals surface area (Å²) in [5, 5.41) is 2.47. The molecule has 0 amide bonds. The molecule has 0 unspecified atom stereocenters. The summed E-state index contributed by atoms with van der Waals surface area (Å²) < 4.78 is 9.87. The number of thiazole rings is 1. The summed E-state index contributed by atoms with van der Waals surface area (Å²) in [5.41, 5.74) is 1.44. The Balaban J connectivity index is 2.10. The Labute approximate surface area is 109 Å². The fraction of sp³-hybridized carbons (Fsp3) is 0.333. The van der Waals surface area contributed by atoms with Gasteiger partial charge in [0.15, 0.2) is 10.8 Å². The summed E-state index contributed by atoms with van der Waals surface area (Å²) in [6.45, 7) is 2.61. The second kappa shape index (κ2) is 5.22. The summed E-state index contributed by atoms with van der Waals surface area (Å²) in [6.07, 6.45) is 1.67. The van der Waals surface area contributed by atoms with Crippen LogP contribution in [0.3, 0.4) is 0 Å². The summed E-state index contributed by atoms with van der Waals surface area (Å²) in [7, 11) is 3.27. The minimum Gasteiger partial charge on any atom is -0.469 e. The average Bonchev–Trinajstić information content (AvgIpc) is 2.98. The van der Waals surface area contributed by atoms with Crippen LogP contribution < -0.4 is 4.90 Å². The van der Waals surface area contributed by atoms with Gasteiger partial charge in [0.1, 0.15) is 5.76 Å². The zero-order valence-corrected chi connectivity index (χ0v) is 11.3. The predicted octanol–water partition coefficient (Wildman–Crippen LogP) is 2.47. The molecule has 6 heteroatoms. The van der Waals surface area contributed by atoms with Crippen LogP contribution in [0.15, 0.2) is 22.1 Å². The number of anilines is 1. The van der Waals surface area contributed by atoms with E-state index in [-0.39, 0.29) is 0 Å². The molecule has 18 heavy (non-hydrogen) atoms. The van der Waals surface area contributed by atoms with Crippen molar-refractivity contribution in [2.75, 3.05) is 19.1 Å². The highest BCUT2D eigenvalue weighted by molar-refractivity contribution is 7.13. The lowest BCUT2D eigenvalue weighted by Gasteiger charge is -2.14. The van der Waals surface area contributed by atoms with Crippen LogP contribution in [0.4, 0.5) is 5.13 Å². The van der Waals surface area contributed by atoms with Crippen LogP contribution in [0.5, 0.6) is 0 Å². The molecule has 2 heterocycles. The van der Waals surface area contributed by atoms with Crippen LogP contribution in [-0.4, -0.2) is 25.1 Å². The van der Waals surface area contributed by atoms with Gasteiger partial charge in [-0.1, -0.05) is 0 Å². The largest absolute Gasteiger partial charge is 0.469 e. The van der Waals surface area contributed by atoms with Crippen molar-refractivity contribution in [1.82, 2.24) is 4.98 Å². The number of nitrogens with zero attached hydrogens (tertiary/aromatic N) is 2. The third kappa shape index (κ3) is 2.53. The first-order valence-electron chi connectivity index (χ1n) is 5.39. The Hall–Kier alpha value is -1.82. The molecular formula is C12H14N2O3S. The Bertz CT molecular complexity index is 547. The summed E-state index contributed by atoms with van der Waals surface area (Å²) in [5.74, 6) is 0.483. The van der Waals surface area contributed by atoms with Crippen molar-refractivity contribution in [3.63, 3.8) is 0 Å². The van der Waals surface area contributed by atoms with Crippen molar-refractivity contribution in [1.29, 1.82) is 0 Å². The molecule has 0 saturated heterocycles. The van der Waals surface area contributed by atoms with Gasteiger partial charge >= 0.3 is 5.97 Å². The molecule has 0 aliphatic heterocycles.